The molecule has 0 aliphatic rings. The van der Waals surface area contributed by atoms with E-state index in [1.165, 1.54) is 0 Å². The van der Waals surface area contributed by atoms with Gasteiger partial charge in [-0.3, -0.25) is 0 Å². The Hall–Kier alpha value is -2.21. The molecule has 0 radical (unpaired) electrons. The van der Waals surface area contributed by atoms with E-state index in [1.807, 2.05) is 42.5 Å². The number of rotatable bonds is 9. The van der Waals surface area contributed by atoms with Crippen LogP contribution in [0.15, 0.2) is 54.6 Å². The van der Waals surface area contributed by atoms with Gasteiger partial charge in [-0.25, -0.2) is 0 Å². The number of halogens is 1. The quantitative estimate of drug-likeness (QED) is 0.582. The molecule has 136 valence electrons. The van der Waals surface area contributed by atoms with E-state index in [9.17, 15) is 0 Å². The van der Waals surface area contributed by atoms with E-state index in [0.717, 1.165) is 47.1 Å². The van der Waals surface area contributed by atoms with Crippen LogP contribution in [0.2, 0.25) is 5.02 Å². The molecule has 1 N–H and O–H groups in total. The Balaban J connectivity index is 1.76. The summed E-state index contributed by atoms with van der Waals surface area (Å²) in [4.78, 5) is 1.75. The maximum Gasteiger partial charge on any atom is 0.117 e. The second-order valence-electron chi connectivity index (χ2n) is 6.04. The van der Waals surface area contributed by atoms with Gasteiger partial charge in [0.2, 0.25) is 0 Å². The Labute approximate surface area is 158 Å². The van der Waals surface area contributed by atoms with Crippen molar-refractivity contribution in [2.24, 2.45) is 0 Å². The third-order valence-corrected chi connectivity index (χ3v) is 4.26. The van der Waals surface area contributed by atoms with Gasteiger partial charge in [0.15, 0.2) is 0 Å². The second-order valence-corrected chi connectivity index (χ2v) is 6.48. The van der Waals surface area contributed by atoms with Gasteiger partial charge in [-0.2, -0.15) is 15.0 Å². The minimum atomic E-state index is 0.612. The van der Waals surface area contributed by atoms with Gasteiger partial charge >= 0.3 is 0 Å². The van der Waals surface area contributed by atoms with Crippen LogP contribution in [-0.4, -0.2) is 35.3 Å². The molecule has 0 atom stereocenters. The highest BCUT2D eigenvalue weighted by atomic mass is 35.5. The molecule has 0 saturated heterocycles. The van der Waals surface area contributed by atoms with Crippen LogP contribution in [0.5, 0.6) is 0 Å². The van der Waals surface area contributed by atoms with Gasteiger partial charge in [-0.05, 0) is 30.7 Å². The fourth-order valence-electron chi connectivity index (χ4n) is 2.69. The predicted octanol–water partition coefficient (Wildman–Crippen LogP) is 3.77. The maximum absolute atomic E-state index is 5.96. The maximum atomic E-state index is 5.96. The first kappa shape index (κ1) is 18.6. The van der Waals surface area contributed by atoms with Crippen molar-refractivity contribution < 1.29 is 4.74 Å². The van der Waals surface area contributed by atoms with Crippen molar-refractivity contribution in [3.63, 3.8) is 0 Å². The molecule has 6 heteroatoms. The molecule has 5 nitrogen and oxygen atoms in total. The van der Waals surface area contributed by atoms with Crippen LogP contribution in [0.25, 0.3) is 11.3 Å². The fourth-order valence-corrected chi connectivity index (χ4v) is 2.82. The van der Waals surface area contributed by atoms with E-state index in [-0.39, 0.29) is 0 Å². The van der Waals surface area contributed by atoms with Crippen molar-refractivity contribution in [1.29, 1.82) is 0 Å². The number of ether oxygens (including phenoxy) is 1. The van der Waals surface area contributed by atoms with Crippen LogP contribution in [0.4, 0.5) is 0 Å². The molecule has 0 unspecified atom stereocenters. The number of hydrogen-bond donors (Lipinski definition) is 1. The summed E-state index contributed by atoms with van der Waals surface area (Å²) < 4.78 is 5.08. The highest BCUT2D eigenvalue weighted by molar-refractivity contribution is 6.30. The lowest BCUT2D eigenvalue weighted by Crippen LogP contribution is -2.17. The zero-order valence-corrected chi connectivity index (χ0v) is 15.6. The van der Waals surface area contributed by atoms with Gasteiger partial charge in [0.05, 0.1) is 6.54 Å². The molecule has 2 aromatic carbocycles. The number of nitrogens with one attached hydrogen (secondary N) is 1. The van der Waals surface area contributed by atoms with Crippen LogP contribution >= 0.6 is 11.6 Å². The first-order valence-electron chi connectivity index (χ1n) is 8.70. The molecule has 0 spiro atoms. The van der Waals surface area contributed by atoms with E-state index in [1.54, 1.807) is 11.9 Å². The monoisotopic (exact) mass is 370 g/mol. The van der Waals surface area contributed by atoms with Crippen LogP contribution < -0.4 is 5.32 Å². The SMILES string of the molecule is COCCCNCc1nn(Cc2ccc(Cl)cc2)nc1-c1ccccc1. The highest BCUT2D eigenvalue weighted by Gasteiger charge is 2.13. The average Bonchev–Trinajstić information content (AvgIpc) is 3.07. The van der Waals surface area contributed by atoms with E-state index >= 15 is 0 Å². The van der Waals surface area contributed by atoms with Crippen molar-refractivity contribution in [1.82, 2.24) is 20.3 Å². The molecular weight excluding hydrogens is 348 g/mol. The van der Waals surface area contributed by atoms with Gasteiger partial charge in [0.25, 0.3) is 0 Å². The molecule has 0 aliphatic carbocycles. The largest absolute Gasteiger partial charge is 0.385 e. The standard InChI is InChI=1S/C20H23ClN4O/c1-26-13-5-12-22-14-19-20(17-6-3-2-4-7-17)24-25(23-19)15-16-8-10-18(21)11-9-16/h2-4,6-11,22H,5,12-15H2,1H3. The van der Waals surface area contributed by atoms with Crippen molar-refractivity contribution in [3.05, 3.63) is 70.9 Å². The predicted molar refractivity (Wildman–Crippen MR) is 104 cm³/mol. The topological polar surface area (TPSA) is 52.0 Å². The summed E-state index contributed by atoms with van der Waals surface area (Å²) in [6.07, 6.45) is 0.968. The lowest BCUT2D eigenvalue weighted by atomic mass is 10.1. The molecular formula is C20H23ClN4O. The molecule has 3 aromatic rings. The van der Waals surface area contributed by atoms with Gasteiger partial charge in [0.1, 0.15) is 11.4 Å². The first-order chi connectivity index (χ1) is 12.8. The van der Waals surface area contributed by atoms with Crippen LogP contribution in [0, 0.1) is 0 Å². The third kappa shape index (κ3) is 5.14. The van der Waals surface area contributed by atoms with Crippen molar-refractivity contribution in [3.8, 4) is 11.3 Å². The average molecular weight is 371 g/mol. The summed E-state index contributed by atoms with van der Waals surface area (Å²) in [5.74, 6) is 0. The van der Waals surface area contributed by atoms with E-state index in [0.29, 0.717) is 13.1 Å². The lowest BCUT2D eigenvalue weighted by molar-refractivity contribution is 0.194. The summed E-state index contributed by atoms with van der Waals surface area (Å²) in [5.41, 5.74) is 4.05. The van der Waals surface area contributed by atoms with Crippen molar-refractivity contribution >= 4 is 11.6 Å². The zero-order valence-electron chi connectivity index (χ0n) is 14.9. The van der Waals surface area contributed by atoms with Crippen LogP contribution in [-0.2, 0) is 17.8 Å². The molecule has 1 aromatic heterocycles. The Kier molecular flexibility index (Phi) is 6.77. The number of benzene rings is 2. The van der Waals surface area contributed by atoms with Gasteiger partial charge in [0, 0.05) is 30.8 Å². The summed E-state index contributed by atoms with van der Waals surface area (Å²) >= 11 is 5.96. The molecule has 1 heterocycles. The van der Waals surface area contributed by atoms with Crippen LogP contribution in [0.1, 0.15) is 17.7 Å². The zero-order chi connectivity index (χ0) is 18.2. The Morgan fingerprint density at radius 3 is 2.54 bits per heavy atom. The summed E-state index contributed by atoms with van der Waals surface area (Å²) in [7, 11) is 1.72. The third-order valence-electron chi connectivity index (χ3n) is 4.00. The minimum absolute atomic E-state index is 0.612. The minimum Gasteiger partial charge on any atom is -0.385 e. The fraction of sp³-hybridized carbons (Fsp3) is 0.300. The smallest absolute Gasteiger partial charge is 0.117 e. The number of nitrogens with zero attached hydrogens (tertiary/aromatic N) is 3. The van der Waals surface area contributed by atoms with Crippen molar-refractivity contribution in [2.75, 3.05) is 20.3 Å². The highest BCUT2D eigenvalue weighted by Crippen LogP contribution is 2.20. The molecule has 0 aliphatic heterocycles. The Bertz CT molecular complexity index is 802. The van der Waals surface area contributed by atoms with Gasteiger partial charge < -0.3 is 10.1 Å². The van der Waals surface area contributed by atoms with Crippen LogP contribution in [0.3, 0.4) is 0 Å². The number of methoxy groups -OCH3 is 1. The summed E-state index contributed by atoms with van der Waals surface area (Å²) in [6, 6.07) is 17.9. The molecule has 26 heavy (non-hydrogen) atoms. The van der Waals surface area contributed by atoms with Gasteiger partial charge in [-0.1, -0.05) is 54.1 Å². The number of hydrogen-bond acceptors (Lipinski definition) is 4. The first-order valence-corrected chi connectivity index (χ1v) is 9.07. The van der Waals surface area contributed by atoms with E-state index in [2.05, 4.69) is 17.4 Å². The molecule has 0 bridgehead atoms. The molecule has 0 amide bonds. The van der Waals surface area contributed by atoms with Crippen molar-refractivity contribution in [2.45, 2.75) is 19.5 Å². The lowest BCUT2D eigenvalue weighted by Gasteiger charge is -2.03. The van der Waals surface area contributed by atoms with E-state index < -0.39 is 0 Å². The normalized spacial score (nSPS) is 11.0. The summed E-state index contributed by atoms with van der Waals surface area (Å²) in [5, 5.41) is 13.6. The molecule has 0 saturated carbocycles. The van der Waals surface area contributed by atoms with Gasteiger partial charge in [-0.15, -0.1) is 0 Å². The second kappa shape index (κ2) is 9.48. The molecule has 3 rings (SSSR count). The summed E-state index contributed by atoms with van der Waals surface area (Å²) in [6.45, 7) is 2.92. The Morgan fingerprint density at radius 1 is 1.04 bits per heavy atom. The molecule has 0 fully saturated rings. The number of aromatic nitrogens is 3. The van der Waals surface area contributed by atoms with E-state index in [4.69, 9.17) is 26.5 Å². The Morgan fingerprint density at radius 2 is 1.81 bits per heavy atom.